The number of hydrogen-bond donors (Lipinski definition) is 1. The molecule has 0 unspecified atom stereocenters. The molecule has 0 bridgehead atoms. The number of nitrogens with one attached hydrogen (secondary N) is 1. The van der Waals surface area contributed by atoms with E-state index in [2.05, 4.69) is 5.32 Å². The number of aromatic nitrogens is 1. The van der Waals surface area contributed by atoms with Crippen LogP contribution >= 0.6 is 23.2 Å². The van der Waals surface area contributed by atoms with Crippen molar-refractivity contribution in [3.8, 4) is 16.9 Å². The molecule has 3 heterocycles. The number of fused-ring (bicyclic) bond motifs is 1. The second-order valence-corrected chi connectivity index (χ2v) is 9.96. The molecule has 0 atom stereocenters. The van der Waals surface area contributed by atoms with Crippen LogP contribution in [0.15, 0.2) is 66.9 Å². The van der Waals surface area contributed by atoms with Crippen molar-refractivity contribution in [1.29, 1.82) is 0 Å². The van der Waals surface area contributed by atoms with Crippen molar-refractivity contribution in [2.24, 2.45) is 0 Å². The van der Waals surface area contributed by atoms with E-state index in [1.165, 1.54) is 13.2 Å². The first-order valence-electron chi connectivity index (χ1n) is 12.6. The van der Waals surface area contributed by atoms with Crippen LogP contribution in [0.25, 0.3) is 16.6 Å². The molecule has 2 aromatic carbocycles. The third-order valence-electron chi connectivity index (χ3n) is 6.75. The van der Waals surface area contributed by atoms with E-state index < -0.39 is 29.0 Å². The van der Waals surface area contributed by atoms with Gasteiger partial charge in [-0.05, 0) is 42.8 Å². The largest absolute Gasteiger partial charge is 0.496 e. The normalized spacial score (nSPS) is 13.4. The van der Waals surface area contributed by atoms with Gasteiger partial charge in [0.2, 0.25) is 17.6 Å². The smallest absolute Gasteiger partial charge is 0.248 e. The lowest BCUT2D eigenvalue weighted by Crippen LogP contribution is -2.23. The van der Waals surface area contributed by atoms with Gasteiger partial charge in [-0.1, -0.05) is 23.7 Å². The van der Waals surface area contributed by atoms with Gasteiger partial charge in [0.15, 0.2) is 0 Å². The zero-order valence-corrected chi connectivity index (χ0v) is 23.2. The van der Waals surface area contributed by atoms with Crippen molar-refractivity contribution in [1.82, 2.24) is 4.40 Å². The van der Waals surface area contributed by atoms with Crippen LogP contribution in [-0.4, -0.2) is 41.5 Å². The molecule has 2 aromatic heterocycles. The molecule has 1 N–H and O–H groups in total. The Balaban J connectivity index is 1.52. The summed E-state index contributed by atoms with van der Waals surface area (Å²) in [5.74, 6) is -3.09. The summed E-state index contributed by atoms with van der Waals surface area (Å²) in [6.07, 6.45) is 5.25. The van der Waals surface area contributed by atoms with Crippen molar-refractivity contribution in [3.05, 3.63) is 94.8 Å². The van der Waals surface area contributed by atoms with Gasteiger partial charge in [-0.3, -0.25) is 14.4 Å². The number of amides is 2. The minimum absolute atomic E-state index is 0.0131. The van der Waals surface area contributed by atoms with Gasteiger partial charge in [-0.25, -0.2) is 8.78 Å². The van der Waals surface area contributed by atoms with Gasteiger partial charge in [-0.2, -0.15) is 0 Å². The van der Waals surface area contributed by atoms with Gasteiger partial charge in [-0.15, -0.1) is 11.6 Å². The maximum atomic E-state index is 14.8. The zero-order valence-electron chi connectivity index (χ0n) is 21.7. The van der Waals surface area contributed by atoms with Crippen LogP contribution in [0.2, 0.25) is 5.02 Å². The van der Waals surface area contributed by atoms with E-state index >= 15 is 0 Å². The maximum absolute atomic E-state index is 14.8. The Kier molecular flexibility index (Phi) is 8.10. The molecule has 2 amide bonds. The number of benzene rings is 2. The van der Waals surface area contributed by atoms with Gasteiger partial charge in [0.05, 0.1) is 23.3 Å². The summed E-state index contributed by atoms with van der Waals surface area (Å²) >= 11 is 12.2. The van der Waals surface area contributed by atoms with Crippen molar-refractivity contribution >= 4 is 57.7 Å². The molecule has 1 saturated heterocycles. The standard InChI is InChI=1S/C30H23Cl2F2N3O4/c1-41-25-16-18(36-11-4-7-27(36)39)15-20(32)28(25)19-5-3-12-37-23(19)8-9-24(37)30(40)17-13-21(33)29(22(34)14-17)35-26(38)6-2-10-31/h2-3,5-6,8-9,12-16H,4,7,10-11H2,1H3,(H,35,38)/b6-2+. The SMILES string of the molecule is COc1cc(N2CCCC2=O)cc(Cl)c1-c1cccn2c(C(=O)c3cc(F)c(NC(=O)/C=C/CCl)c(F)c3)ccc12. The van der Waals surface area contributed by atoms with Gasteiger partial charge in [0.25, 0.3) is 0 Å². The summed E-state index contributed by atoms with van der Waals surface area (Å²) < 4.78 is 36.8. The number of carbonyl (C=O) groups is 3. The van der Waals surface area contributed by atoms with E-state index in [9.17, 15) is 23.2 Å². The van der Waals surface area contributed by atoms with Crippen molar-refractivity contribution in [2.45, 2.75) is 12.8 Å². The first kappa shape index (κ1) is 28.3. The molecular formula is C30H23Cl2F2N3O4. The Hall–Kier alpha value is -4.21. The number of anilines is 2. The van der Waals surface area contributed by atoms with E-state index in [1.807, 2.05) is 6.07 Å². The van der Waals surface area contributed by atoms with Crippen LogP contribution in [0.3, 0.4) is 0 Å². The van der Waals surface area contributed by atoms with Crippen LogP contribution in [-0.2, 0) is 9.59 Å². The lowest BCUT2D eigenvalue weighted by atomic mass is 10.0. The summed E-state index contributed by atoms with van der Waals surface area (Å²) in [6.45, 7) is 0.594. The number of methoxy groups -OCH3 is 1. The summed E-state index contributed by atoms with van der Waals surface area (Å²) in [4.78, 5) is 39.2. The summed E-state index contributed by atoms with van der Waals surface area (Å²) in [5.41, 5.74) is 1.67. The molecule has 1 aliphatic rings. The van der Waals surface area contributed by atoms with Crippen molar-refractivity contribution < 1.29 is 27.9 Å². The van der Waals surface area contributed by atoms with E-state index in [4.69, 9.17) is 27.9 Å². The quantitative estimate of drug-likeness (QED) is 0.140. The minimum atomic E-state index is -1.10. The molecule has 41 heavy (non-hydrogen) atoms. The summed E-state index contributed by atoms with van der Waals surface area (Å²) in [7, 11) is 1.50. The highest BCUT2D eigenvalue weighted by Crippen LogP contribution is 2.42. The van der Waals surface area contributed by atoms with E-state index in [1.54, 1.807) is 45.8 Å². The molecule has 4 aromatic rings. The highest BCUT2D eigenvalue weighted by Gasteiger charge is 2.26. The van der Waals surface area contributed by atoms with E-state index in [0.29, 0.717) is 46.1 Å². The average Bonchev–Trinajstić information content (AvgIpc) is 3.59. The number of ketones is 1. The molecule has 210 valence electrons. The number of pyridine rings is 1. The van der Waals surface area contributed by atoms with Crippen LogP contribution in [0.5, 0.6) is 5.75 Å². The van der Waals surface area contributed by atoms with Crippen LogP contribution in [0.4, 0.5) is 20.2 Å². The van der Waals surface area contributed by atoms with Crippen LogP contribution in [0, 0.1) is 11.6 Å². The third-order valence-corrected chi connectivity index (χ3v) is 7.22. The Morgan fingerprint density at radius 1 is 1.12 bits per heavy atom. The second-order valence-electron chi connectivity index (χ2n) is 9.24. The van der Waals surface area contributed by atoms with Gasteiger partial charge in [0.1, 0.15) is 23.1 Å². The second kappa shape index (κ2) is 11.7. The summed E-state index contributed by atoms with van der Waals surface area (Å²) in [6, 6.07) is 12.0. The van der Waals surface area contributed by atoms with Gasteiger partial charge in [0, 0.05) is 59.6 Å². The van der Waals surface area contributed by atoms with Crippen LogP contribution in [0.1, 0.15) is 28.9 Å². The molecule has 0 saturated carbocycles. The predicted octanol–water partition coefficient (Wildman–Crippen LogP) is 6.64. The molecule has 11 heteroatoms. The molecular weight excluding hydrogens is 575 g/mol. The number of rotatable bonds is 8. The molecule has 1 fully saturated rings. The highest BCUT2D eigenvalue weighted by atomic mass is 35.5. The Bertz CT molecular complexity index is 1710. The molecule has 0 spiro atoms. The number of halogens is 4. The topological polar surface area (TPSA) is 80.1 Å². The van der Waals surface area contributed by atoms with Crippen LogP contribution < -0.4 is 15.0 Å². The van der Waals surface area contributed by atoms with Gasteiger partial charge < -0.3 is 19.4 Å². The fraction of sp³-hybridized carbons (Fsp3) is 0.167. The minimum Gasteiger partial charge on any atom is -0.496 e. The Morgan fingerprint density at radius 2 is 1.88 bits per heavy atom. The number of nitrogens with zero attached hydrogens (tertiary/aromatic N) is 2. The maximum Gasteiger partial charge on any atom is 0.248 e. The highest BCUT2D eigenvalue weighted by molar-refractivity contribution is 6.34. The predicted molar refractivity (Wildman–Crippen MR) is 154 cm³/mol. The number of alkyl halides is 1. The van der Waals surface area contributed by atoms with E-state index in [-0.39, 0.29) is 23.0 Å². The molecule has 1 aliphatic heterocycles. The van der Waals surface area contributed by atoms with Gasteiger partial charge >= 0.3 is 0 Å². The number of hydrogen-bond acceptors (Lipinski definition) is 4. The number of allylic oxidation sites excluding steroid dienone is 1. The zero-order chi connectivity index (χ0) is 29.3. The van der Waals surface area contributed by atoms with Crippen molar-refractivity contribution in [2.75, 3.05) is 29.8 Å². The lowest BCUT2D eigenvalue weighted by Gasteiger charge is -2.20. The monoisotopic (exact) mass is 597 g/mol. The van der Waals surface area contributed by atoms with E-state index in [0.717, 1.165) is 24.6 Å². The Morgan fingerprint density at radius 3 is 2.54 bits per heavy atom. The third kappa shape index (κ3) is 5.42. The first-order valence-corrected chi connectivity index (χ1v) is 13.5. The first-order chi connectivity index (χ1) is 19.7. The molecule has 0 radical (unpaired) electrons. The summed E-state index contributed by atoms with van der Waals surface area (Å²) in [5, 5.41) is 2.46. The number of ether oxygens (including phenoxy) is 1. The lowest BCUT2D eigenvalue weighted by molar-refractivity contribution is -0.117. The Labute approximate surface area is 243 Å². The average molecular weight is 598 g/mol. The number of carbonyl (C=O) groups excluding carboxylic acids is 3. The fourth-order valence-corrected chi connectivity index (χ4v) is 5.29. The molecule has 7 nitrogen and oxygen atoms in total. The molecule has 5 rings (SSSR count). The molecule has 0 aliphatic carbocycles. The fourth-order valence-electron chi connectivity index (χ4n) is 4.89. The van der Waals surface area contributed by atoms with Crippen molar-refractivity contribution in [3.63, 3.8) is 0 Å².